The number of thiophene rings is 1. The highest BCUT2D eigenvalue weighted by molar-refractivity contribution is 7.89. The highest BCUT2D eigenvalue weighted by atomic mass is 32.2. The fourth-order valence-electron chi connectivity index (χ4n) is 1.70. The van der Waals surface area contributed by atoms with Crippen molar-refractivity contribution < 1.29 is 8.42 Å². The molecule has 0 spiro atoms. The van der Waals surface area contributed by atoms with E-state index < -0.39 is 10.0 Å². The van der Waals surface area contributed by atoms with Gasteiger partial charge in [0.1, 0.15) is 0 Å². The summed E-state index contributed by atoms with van der Waals surface area (Å²) in [5, 5.41) is 5.03. The van der Waals surface area contributed by atoms with Crippen LogP contribution in [0, 0.1) is 5.92 Å². The summed E-state index contributed by atoms with van der Waals surface area (Å²) in [7, 11) is -1.73. The van der Waals surface area contributed by atoms with Crippen LogP contribution in [0.25, 0.3) is 0 Å². The fourth-order valence-corrected chi connectivity index (χ4v) is 4.41. The molecule has 0 aromatic carbocycles. The zero-order chi connectivity index (χ0) is 15.5. The first-order valence-corrected chi connectivity index (χ1v) is 9.27. The van der Waals surface area contributed by atoms with Crippen LogP contribution in [0.1, 0.15) is 39.5 Å². The van der Waals surface area contributed by atoms with E-state index in [9.17, 15) is 8.42 Å². The second kappa shape index (κ2) is 7.02. The molecule has 1 N–H and O–H groups in total. The molecule has 0 radical (unpaired) electrons. The first-order valence-electron chi connectivity index (χ1n) is 6.95. The molecule has 1 unspecified atom stereocenters. The van der Waals surface area contributed by atoms with E-state index in [0.29, 0.717) is 17.5 Å². The molecular formula is C14H26N2O2S2. The van der Waals surface area contributed by atoms with Crippen molar-refractivity contribution in [1.82, 2.24) is 9.62 Å². The van der Waals surface area contributed by atoms with Crippen molar-refractivity contribution in [3.8, 4) is 0 Å². The average molecular weight is 319 g/mol. The largest absolute Gasteiger partial charge is 0.310 e. The first kappa shape index (κ1) is 17.6. The molecule has 1 aromatic heterocycles. The molecule has 1 heterocycles. The third-order valence-electron chi connectivity index (χ3n) is 3.53. The van der Waals surface area contributed by atoms with Gasteiger partial charge in [0.05, 0.1) is 4.90 Å². The highest BCUT2D eigenvalue weighted by Gasteiger charge is 2.27. The Morgan fingerprint density at radius 3 is 2.35 bits per heavy atom. The Morgan fingerprint density at radius 2 is 1.85 bits per heavy atom. The lowest BCUT2D eigenvalue weighted by Gasteiger charge is -2.26. The molecule has 4 nitrogen and oxygen atoms in total. The SMILES string of the molecule is CC(C)NCc1cc(S(=O)(=O)N(C)C(C)C(C)C)cs1. The van der Waals surface area contributed by atoms with Crippen LogP contribution in [-0.2, 0) is 16.6 Å². The topological polar surface area (TPSA) is 49.4 Å². The molecule has 6 heteroatoms. The molecule has 0 aliphatic rings. The van der Waals surface area contributed by atoms with E-state index in [4.69, 9.17) is 0 Å². The highest BCUT2D eigenvalue weighted by Crippen LogP contribution is 2.24. The van der Waals surface area contributed by atoms with Crippen LogP contribution in [0.3, 0.4) is 0 Å². The summed E-state index contributed by atoms with van der Waals surface area (Å²) in [6, 6.07) is 2.15. The summed E-state index contributed by atoms with van der Waals surface area (Å²) in [5.41, 5.74) is 0. The van der Waals surface area contributed by atoms with Crippen LogP contribution in [0.15, 0.2) is 16.3 Å². The van der Waals surface area contributed by atoms with Crippen LogP contribution in [0.5, 0.6) is 0 Å². The molecule has 1 atom stereocenters. The van der Waals surface area contributed by atoms with E-state index in [1.165, 1.54) is 15.6 Å². The third kappa shape index (κ3) is 4.28. The van der Waals surface area contributed by atoms with E-state index in [1.54, 1.807) is 18.5 Å². The van der Waals surface area contributed by atoms with Crippen LogP contribution < -0.4 is 5.32 Å². The monoisotopic (exact) mass is 318 g/mol. The van der Waals surface area contributed by atoms with Gasteiger partial charge >= 0.3 is 0 Å². The van der Waals surface area contributed by atoms with E-state index >= 15 is 0 Å². The minimum atomic E-state index is -3.38. The smallest absolute Gasteiger partial charge is 0.243 e. The molecule has 0 bridgehead atoms. The van der Waals surface area contributed by atoms with Gasteiger partial charge in [-0.2, -0.15) is 4.31 Å². The Bertz CT molecular complexity index is 521. The molecule has 0 amide bonds. The Labute approximate surface area is 127 Å². The summed E-state index contributed by atoms with van der Waals surface area (Å²) in [6.45, 7) is 10.9. The van der Waals surface area contributed by atoms with Gasteiger partial charge in [-0.25, -0.2) is 8.42 Å². The summed E-state index contributed by atoms with van der Waals surface area (Å²) in [5.74, 6) is 0.287. The summed E-state index contributed by atoms with van der Waals surface area (Å²) in [4.78, 5) is 1.45. The second-order valence-electron chi connectivity index (χ2n) is 5.79. The van der Waals surface area contributed by atoms with Gasteiger partial charge in [-0.1, -0.05) is 27.7 Å². The summed E-state index contributed by atoms with van der Waals surface area (Å²) < 4.78 is 26.6. The standard InChI is InChI=1S/C14H26N2O2S2/c1-10(2)12(5)16(6)20(17,18)14-7-13(19-9-14)8-15-11(3)4/h7,9-12,15H,8H2,1-6H3. The Kier molecular flexibility index (Phi) is 6.19. The van der Waals surface area contributed by atoms with Crippen LogP contribution in [-0.4, -0.2) is 31.9 Å². The lowest BCUT2D eigenvalue weighted by molar-refractivity contribution is 0.316. The van der Waals surface area contributed by atoms with Gasteiger partial charge in [-0.15, -0.1) is 11.3 Å². The maximum absolute atomic E-state index is 12.5. The van der Waals surface area contributed by atoms with Gasteiger partial charge in [0.25, 0.3) is 0 Å². The number of sulfonamides is 1. The molecule has 20 heavy (non-hydrogen) atoms. The van der Waals surface area contributed by atoms with Crippen molar-refractivity contribution in [1.29, 1.82) is 0 Å². The Hall–Kier alpha value is -0.430. The van der Waals surface area contributed by atoms with Crippen molar-refractivity contribution >= 4 is 21.4 Å². The number of hydrogen-bond acceptors (Lipinski definition) is 4. The van der Waals surface area contributed by atoms with E-state index in [0.717, 1.165) is 4.88 Å². The van der Waals surface area contributed by atoms with Gasteiger partial charge in [0.2, 0.25) is 10.0 Å². The quantitative estimate of drug-likeness (QED) is 0.841. The molecule has 116 valence electrons. The first-order chi connectivity index (χ1) is 9.16. The number of nitrogens with zero attached hydrogens (tertiary/aromatic N) is 1. The predicted octanol–water partition coefficient (Wildman–Crippen LogP) is 2.91. The van der Waals surface area contributed by atoms with Crippen molar-refractivity contribution in [2.45, 2.75) is 58.1 Å². The zero-order valence-electron chi connectivity index (χ0n) is 13.2. The number of hydrogen-bond donors (Lipinski definition) is 1. The van der Waals surface area contributed by atoms with Crippen LogP contribution in [0.2, 0.25) is 0 Å². The van der Waals surface area contributed by atoms with Crippen molar-refractivity contribution in [2.75, 3.05) is 7.05 Å². The van der Waals surface area contributed by atoms with E-state index in [1.807, 2.05) is 20.8 Å². The van der Waals surface area contributed by atoms with Crippen molar-refractivity contribution in [3.05, 3.63) is 16.3 Å². The predicted molar refractivity (Wildman–Crippen MR) is 85.5 cm³/mol. The summed E-state index contributed by atoms with van der Waals surface area (Å²) >= 11 is 1.49. The number of rotatable bonds is 7. The van der Waals surface area contributed by atoms with Gasteiger partial charge in [-0.3, -0.25) is 0 Å². The van der Waals surface area contributed by atoms with Gasteiger partial charge in [0.15, 0.2) is 0 Å². The maximum Gasteiger partial charge on any atom is 0.243 e. The molecular weight excluding hydrogens is 292 g/mol. The molecule has 0 saturated heterocycles. The zero-order valence-corrected chi connectivity index (χ0v) is 14.8. The Morgan fingerprint density at radius 1 is 1.25 bits per heavy atom. The Balaban J connectivity index is 2.88. The molecule has 1 rings (SSSR count). The van der Waals surface area contributed by atoms with E-state index in [2.05, 4.69) is 19.2 Å². The lowest BCUT2D eigenvalue weighted by atomic mass is 10.1. The van der Waals surface area contributed by atoms with Gasteiger partial charge in [0, 0.05) is 35.9 Å². The van der Waals surface area contributed by atoms with Crippen LogP contribution in [0.4, 0.5) is 0 Å². The van der Waals surface area contributed by atoms with Crippen molar-refractivity contribution in [2.24, 2.45) is 5.92 Å². The molecule has 1 aromatic rings. The molecule has 0 aliphatic carbocycles. The van der Waals surface area contributed by atoms with E-state index in [-0.39, 0.29) is 12.0 Å². The molecule has 0 aliphatic heterocycles. The number of nitrogens with one attached hydrogen (secondary N) is 1. The maximum atomic E-state index is 12.5. The normalized spacial score (nSPS) is 14.4. The molecule has 0 fully saturated rings. The van der Waals surface area contributed by atoms with Gasteiger partial charge < -0.3 is 5.32 Å². The summed E-state index contributed by atoms with van der Waals surface area (Å²) in [6.07, 6.45) is 0. The van der Waals surface area contributed by atoms with Gasteiger partial charge in [-0.05, 0) is 18.9 Å². The van der Waals surface area contributed by atoms with Crippen molar-refractivity contribution in [3.63, 3.8) is 0 Å². The average Bonchev–Trinajstić information content (AvgIpc) is 2.83. The van der Waals surface area contributed by atoms with Crippen LogP contribution >= 0.6 is 11.3 Å². The minimum Gasteiger partial charge on any atom is -0.310 e. The third-order valence-corrected chi connectivity index (χ3v) is 6.54. The lowest BCUT2D eigenvalue weighted by Crippen LogP contribution is -2.38. The fraction of sp³-hybridized carbons (Fsp3) is 0.714. The minimum absolute atomic E-state index is 0.0165. The second-order valence-corrected chi connectivity index (χ2v) is 8.78. The molecule has 0 saturated carbocycles.